The van der Waals surface area contributed by atoms with E-state index in [-0.39, 0.29) is 6.10 Å². The van der Waals surface area contributed by atoms with Gasteiger partial charge in [-0.3, -0.25) is 0 Å². The van der Waals surface area contributed by atoms with Gasteiger partial charge in [-0.25, -0.2) is 0 Å². The molecule has 1 nitrogen and oxygen atoms in total. The molecule has 0 aromatic carbocycles. The molecule has 5 unspecified atom stereocenters. The summed E-state index contributed by atoms with van der Waals surface area (Å²) in [5.41, 5.74) is 0. The van der Waals surface area contributed by atoms with Crippen molar-refractivity contribution < 1.29 is 5.11 Å². The van der Waals surface area contributed by atoms with Crippen LogP contribution < -0.4 is 0 Å². The lowest BCUT2D eigenvalue weighted by atomic mass is 9.88. The van der Waals surface area contributed by atoms with E-state index >= 15 is 0 Å². The lowest BCUT2D eigenvalue weighted by molar-refractivity contribution is 0.145. The molecule has 1 N–H and O–H groups in total. The van der Waals surface area contributed by atoms with Gasteiger partial charge in [-0.15, -0.1) is 11.6 Å². The van der Waals surface area contributed by atoms with Crippen LogP contribution in [0.15, 0.2) is 0 Å². The van der Waals surface area contributed by atoms with Gasteiger partial charge in [0.15, 0.2) is 0 Å². The molecule has 0 radical (unpaired) electrons. The molecule has 0 saturated heterocycles. The summed E-state index contributed by atoms with van der Waals surface area (Å²) in [7, 11) is 0. The Hall–Kier alpha value is 0.250. The number of hydrogen-bond acceptors (Lipinski definition) is 1. The van der Waals surface area contributed by atoms with Crippen molar-refractivity contribution in [3.05, 3.63) is 0 Å². The van der Waals surface area contributed by atoms with Gasteiger partial charge in [0.2, 0.25) is 0 Å². The summed E-state index contributed by atoms with van der Waals surface area (Å²) in [6.45, 7) is 1.90. The van der Waals surface area contributed by atoms with Crippen LogP contribution in [-0.4, -0.2) is 16.6 Å². The molecule has 2 aliphatic rings. The highest BCUT2D eigenvalue weighted by molar-refractivity contribution is 6.21. The quantitative estimate of drug-likeness (QED) is 0.683. The predicted octanol–water partition coefficient (Wildman–Crippen LogP) is 2.80. The van der Waals surface area contributed by atoms with Crippen molar-refractivity contribution in [3.8, 4) is 0 Å². The third-order valence-corrected chi connectivity index (χ3v) is 4.45. The van der Waals surface area contributed by atoms with Gasteiger partial charge in [0.1, 0.15) is 0 Å². The zero-order valence-corrected chi connectivity index (χ0v) is 9.00. The molecule has 5 atom stereocenters. The van der Waals surface area contributed by atoms with Crippen molar-refractivity contribution in [2.45, 2.75) is 50.5 Å². The fourth-order valence-electron chi connectivity index (χ4n) is 3.38. The number of hydrogen-bond donors (Lipinski definition) is 1. The molecule has 0 bridgehead atoms. The molecule has 2 aliphatic carbocycles. The molecule has 2 saturated carbocycles. The van der Waals surface area contributed by atoms with Crippen LogP contribution in [0.25, 0.3) is 0 Å². The summed E-state index contributed by atoms with van der Waals surface area (Å²) >= 11 is 6.25. The first-order valence-corrected chi connectivity index (χ1v) is 5.94. The van der Waals surface area contributed by atoms with Crippen molar-refractivity contribution in [2.24, 2.45) is 17.8 Å². The number of fused-ring (bicyclic) bond motifs is 1. The number of rotatable bonds is 2. The highest BCUT2D eigenvalue weighted by Crippen LogP contribution is 2.50. The first-order valence-electron chi connectivity index (χ1n) is 5.50. The third kappa shape index (κ3) is 1.87. The van der Waals surface area contributed by atoms with Crippen LogP contribution in [0, 0.1) is 17.8 Å². The van der Waals surface area contributed by atoms with Gasteiger partial charge in [-0.05, 0) is 56.8 Å². The van der Waals surface area contributed by atoms with E-state index in [0.717, 1.165) is 24.2 Å². The van der Waals surface area contributed by atoms with Gasteiger partial charge in [0.05, 0.1) is 6.10 Å². The Morgan fingerprint density at radius 2 is 1.92 bits per heavy atom. The normalized spacial score (nSPS) is 46.4. The van der Waals surface area contributed by atoms with Gasteiger partial charge in [0, 0.05) is 5.38 Å². The molecule has 0 amide bonds. The number of aliphatic hydroxyl groups is 1. The van der Waals surface area contributed by atoms with E-state index in [1.807, 2.05) is 6.92 Å². The Labute approximate surface area is 85.5 Å². The highest BCUT2D eigenvalue weighted by Gasteiger charge is 2.43. The standard InChI is InChI=1S/C11H19ClO/c1-7(13)6-8-2-3-10-9(8)4-5-11(10)12/h7-11,13H,2-6H2,1H3. The Morgan fingerprint density at radius 3 is 2.62 bits per heavy atom. The van der Waals surface area contributed by atoms with Gasteiger partial charge >= 0.3 is 0 Å². The summed E-state index contributed by atoms with van der Waals surface area (Å²) in [4.78, 5) is 0. The second-order valence-electron chi connectivity index (χ2n) is 4.84. The largest absolute Gasteiger partial charge is 0.393 e. The van der Waals surface area contributed by atoms with Gasteiger partial charge in [-0.1, -0.05) is 0 Å². The minimum Gasteiger partial charge on any atom is -0.393 e. The van der Waals surface area contributed by atoms with E-state index in [0.29, 0.717) is 5.38 Å². The fraction of sp³-hybridized carbons (Fsp3) is 1.00. The molecular formula is C11H19ClO. The van der Waals surface area contributed by atoms with Crippen molar-refractivity contribution in [3.63, 3.8) is 0 Å². The van der Waals surface area contributed by atoms with Crippen LogP contribution >= 0.6 is 11.6 Å². The lowest BCUT2D eigenvalue weighted by Crippen LogP contribution is -2.16. The molecule has 0 spiro atoms. The van der Waals surface area contributed by atoms with Crippen LogP contribution in [0.2, 0.25) is 0 Å². The Bertz CT molecular complexity index is 181. The SMILES string of the molecule is CC(O)CC1CCC2C(Cl)CCC12. The van der Waals surface area contributed by atoms with Gasteiger partial charge < -0.3 is 5.11 Å². The molecule has 76 valence electrons. The van der Waals surface area contributed by atoms with Gasteiger partial charge in [0.25, 0.3) is 0 Å². The maximum absolute atomic E-state index is 9.37. The smallest absolute Gasteiger partial charge is 0.0514 e. The average Bonchev–Trinajstić information content (AvgIpc) is 2.56. The summed E-state index contributed by atoms with van der Waals surface area (Å²) in [6, 6.07) is 0. The van der Waals surface area contributed by atoms with Crippen molar-refractivity contribution in [1.82, 2.24) is 0 Å². The minimum atomic E-state index is -0.127. The summed E-state index contributed by atoms with van der Waals surface area (Å²) < 4.78 is 0. The highest BCUT2D eigenvalue weighted by atomic mass is 35.5. The average molecular weight is 203 g/mol. The molecule has 2 fully saturated rings. The van der Waals surface area contributed by atoms with Crippen LogP contribution in [0.5, 0.6) is 0 Å². The predicted molar refractivity (Wildman–Crippen MR) is 54.9 cm³/mol. The molecule has 0 aliphatic heterocycles. The van der Waals surface area contributed by atoms with Crippen LogP contribution in [-0.2, 0) is 0 Å². The topological polar surface area (TPSA) is 20.2 Å². The monoisotopic (exact) mass is 202 g/mol. The molecule has 0 aromatic heterocycles. The molecule has 13 heavy (non-hydrogen) atoms. The van der Waals surface area contributed by atoms with Crippen LogP contribution in [0.1, 0.15) is 39.0 Å². The van der Waals surface area contributed by atoms with E-state index in [4.69, 9.17) is 11.6 Å². The van der Waals surface area contributed by atoms with Gasteiger partial charge in [-0.2, -0.15) is 0 Å². The Kier molecular flexibility index (Phi) is 2.85. The molecule has 0 heterocycles. The summed E-state index contributed by atoms with van der Waals surface area (Å²) in [5.74, 6) is 2.36. The Morgan fingerprint density at radius 1 is 1.23 bits per heavy atom. The van der Waals surface area contributed by atoms with E-state index in [2.05, 4.69) is 0 Å². The zero-order valence-electron chi connectivity index (χ0n) is 8.25. The van der Waals surface area contributed by atoms with Crippen LogP contribution in [0.3, 0.4) is 0 Å². The molecular weight excluding hydrogens is 184 g/mol. The lowest BCUT2D eigenvalue weighted by Gasteiger charge is -2.19. The number of alkyl halides is 1. The van der Waals surface area contributed by atoms with E-state index in [1.54, 1.807) is 0 Å². The van der Waals surface area contributed by atoms with Crippen molar-refractivity contribution in [2.75, 3.05) is 0 Å². The minimum absolute atomic E-state index is 0.127. The third-order valence-electron chi connectivity index (χ3n) is 3.91. The van der Waals surface area contributed by atoms with E-state index in [9.17, 15) is 5.11 Å². The first kappa shape index (κ1) is 9.79. The first-order chi connectivity index (χ1) is 6.18. The van der Waals surface area contributed by atoms with Crippen molar-refractivity contribution >= 4 is 11.6 Å². The number of halogens is 1. The molecule has 2 heteroatoms. The second kappa shape index (κ2) is 3.78. The van der Waals surface area contributed by atoms with E-state index in [1.165, 1.54) is 25.7 Å². The Balaban J connectivity index is 1.94. The van der Waals surface area contributed by atoms with Crippen molar-refractivity contribution in [1.29, 1.82) is 0 Å². The van der Waals surface area contributed by atoms with Crippen LogP contribution in [0.4, 0.5) is 0 Å². The zero-order chi connectivity index (χ0) is 9.42. The fourth-order valence-corrected chi connectivity index (χ4v) is 3.82. The number of aliphatic hydroxyl groups excluding tert-OH is 1. The molecule has 2 rings (SSSR count). The summed E-state index contributed by atoms with van der Waals surface area (Å²) in [6.07, 6.45) is 5.96. The van der Waals surface area contributed by atoms with E-state index < -0.39 is 0 Å². The second-order valence-corrected chi connectivity index (χ2v) is 5.40. The maximum Gasteiger partial charge on any atom is 0.0514 e. The maximum atomic E-state index is 9.37. The summed E-state index contributed by atoms with van der Waals surface area (Å²) in [5, 5.41) is 9.80. The molecule has 0 aromatic rings.